The van der Waals surface area contributed by atoms with Crippen molar-refractivity contribution in [3.63, 3.8) is 0 Å². The van der Waals surface area contributed by atoms with Crippen LogP contribution in [0.3, 0.4) is 0 Å². The molecule has 0 atom stereocenters. The zero-order chi connectivity index (χ0) is 23.2. The first-order valence-corrected chi connectivity index (χ1v) is 11.1. The van der Waals surface area contributed by atoms with Gasteiger partial charge in [0.05, 0.1) is 33.0 Å². The number of fused-ring (bicyclic) bond motifs is 1. The number of ether oxygens (including phenoxy) is 3. The third-order valence-corrected chi connectivity index (χ3v) is 5.83. The van der Waals surface area contributed by atoms with E-state index < -0.39 is 0 Å². The number of nitrogens with one attached hydrogen (secondary N) is 2. The van der Waals surface area contributed by atoms with Crippen LogP contribution in [-0.2, 0) is 11.3 Å². The predicted octanol–water partition coefficient (Wildman–Crippen LogP) is 3.80. The lowest BCUT2D eigenvalue weighted by Gasteiger charge is -2.26. The number of benzene rings is 2. The van der Waals surface area contributed by atoms with E-state index in [0.717, 1.165) is 43.8 Å². The van der Waals surface area contributed by atoms with Crippen LogP contribution >= 0.6 is 11.6 Å². The van der Waals surface area contributed by atoms with Crippen molar-refractivity contribution in [2.45, 2.75) is 6.54 Å². The summed E-state index contributed by atoms with van der Waals surface area (Å²) >= 11 is 6.16. The Balaban J connectivity index is 1.59. The molecule has 1 saturated heterocycles. The molecule has 0 radical (unpaired) electrons. The number of morpholine rings is 1. The van der Waals surface area contributed by atoms with Gasteiger partial charge in [-0.1, -0.05) is 17.7 Å². The number of nitrogens with zero attached hydrogens (tertiary/aromatic N) is 3. The summed E-state index contributed by atoms with van der Waals surface area (Å²) in [6.45, 7) is 5.29. The number of anilines is 2. The van der Waals surface area contributed by atoms with E-state index in [4.69, 9.17) is 25.8 Å². The molecule has 4 rings (SSSR count). The van der Waals surface area contributed by atoms with E-state index in [0.29, 0.717) is 46.9 Å². The summed E-state index contributed by atoms with van der Waals surface area (Å²) in [5, 5.41) is 7.79. The molecular formula is C23H27ClFN5O3. The summed E-state index contributed by atoms with van der Waals surface area (Å²) in [7, 11) is 3.18. The van der Waals surface area contributed by atoms with E-state index >= 15 is 0 Å². The van der Waals surface area contributed by atoms with Gasteiger partial charge in [-0.05, 0) is 23.8 Å². The van der Waals surface area contributed by atoms with Crippen molar-refractivity contribution in [3.05, 3.63) is 46.7 Å². The fourth-order valence-corrected chi connectivity index (χ4v) is 3.90. The monoisotopic (exact) mass is 475 g/mol. The number of hydrogen-bond acceptors (Lipinski definition) is 8. The maximum absolute atomic E-state index is 13.4. The third kappa shape index (κ3) is 5.73. The number of rotatable bonds is 9. The molecular weight excluding hydrogens is 449 g/mol. The van der Waals surface area contributed by atoms with Gasteiger partial charge in [-0.3, -0.25) is 4.90 Å². The fraction of sp³-hybridized carbons (Fsp3) is 0.391. The highest BCUT2D eigenvalue weighted by Gasteiger charge is 2.15. The maximum atomic E-state index is 13.4. The van der Waals surface area contributed by atoms with Gasteiger partial charge in [0.1, 0.15) is 11.6 Å². The smallest absolute Gasteiger partial charge is 0.225 e. The van der Waals surface area contributed by atoms with Gasteiger partial charge in [0.25, 0.3) is 0 Å². The van der Waals surface area contributed by atoms with Crippen molar-refractivity contribution in [1.29, 1.82) is 0 Å². The zero-order valence-electron chi connectivity index (χ0n) is 18.7. The molecule has 10 heteroatoms. The van der Waals surface area contributed by atoms with Crippen molar-refractivity contribution >= 4 is 34.3 Å². The summed E-state index contributed by atoms with van der Waals surface area (Å²) < 4.78 is 29.7. The highest BCUT2D eigenvalue weighted by atomic mass is 35.5. The minimum absolute atomic E-state index is 0.346. The van der Waals surface area contributed by atoms with Crippen LogP contribution in [0.5, 0.6) is 11.5 Å². The third-order valence-electron chi connectivity index (χ3n) is 5.48. The van der Waals surface area contributed by atoms with Gasteiger partial charge in [0, 0.05) is 49.2 Å². The molecule has 8 nitrogen and oxygen atoms in total. The van der Waals surface area contributed by atoms with Gasteiger partial charge in [-0.15, -0.1) is 0 Å². The lowest BCUT2D eigenvalue weighted by Crippen LogP contribution is -2.39. The van der Waals surface area contributed by atoms with Crippen LogP contribution in [0.25, 0.3) is 10.9 Å². The molecule has 1 fully saturated rings. The number of halogens is 2. The second kappa shape index (κ2) is 10.8. The van der Waals surface area contributed by atoms with Crippen LogP contribution in [0.4, 0.5) is 16.2 Å². The highest BCUT2D eigenvalue weighted by molar-refractivity contribution is 6.31. The Bertz CT molecular complexity index is 1110. The van der Waals surface area contributed by atoms with Gasteiger partial charge in [-0.2, -0.15) is 4.98 Å². The maximum Gasteiger partial charge on any atom is 0.225 e. The molecule has 1 aliphatic rings. The van der Waals surface area contributed by atoms with Crippen LogP contribution in [-0.4, -0.2) is 68.5 Å². The molecule has 0 amide bonds. The normalized spacial score (nSPS) is 14.3. The van der Waals surface area contributed by atoms with Gasteiger partial charge in [0.15, 0.2) is 11.5 Å². The zero-order valence-corrected chi connectivity index (χ0v) is 19.4. The standard InChI is InChI=1S/C23H27ClFN5O3/c1-31-20-12-17-19(13-21(20)32-2)28-23(27-14-15-3-4-16(25)11-18(15)24)29-22(17)26-5-6-30-7-9-33-10-8-30/h3-4,11-13H,5-10,14H2,1-2H3,(H2,26,27,28,29). The summed E-state index contributed by atoms with van der Waals surface area (Å²) in [4.78, 5) is 11.7. The number of methoxy groups -OCH3 is 2. The lowest BCUT2D eigenvalue weighted by atomic mass is 10.2. The van der Waals surface area contributed by atoms with Gasteiger partial charge in [0.2, 0.25) is 5.95 Å². The van der Waals surface area contributed by atoms with Gasteiger partial charge < -0.3 is 24.8 Å². The average Bonchev–Trinajstić information content (AvgIpc) is 2.83. The Kier molecular flexibility index (Phi) is 7.64. The van der Waals surface area contributed by atoms with E-state index in [1.165, 1.54) is 12.1 Å². The highest BCUT2D eigenvalue weighted by Crippen LogP contribution is 2.34. The quantitative estimate of drug-likeness (QED) is 0.484. The largest absolute Gasteiger partial charge is 0.493 e. The van der Waals surface area contributed by atoms with Crippen LogP contribution in [0.2, 0.25) is 5.02 Å². The van der Waals surface area contributed by atoms with E-state index in [9.17, 15) is 4.39 Å². The Morgan fingerprint density at radius 2 is 1.82 bits per heavy atom. The molecule has 1 aromatic heterocycles. The van der Waals surface area contributed by atoms with E-state index in [1.54, 1.807) is 20.3 Å². The molecule has 0 spiro atoms. The second-order valence-electron chi connectivity index (χ2n) is 7.59. The predicted molar refractivity (Wildman–Crippen MR) is 127 cm³/mol. The molecule has 3 aromatic rings. The van der Waals surface area contributed by atoms with E-state index in [1.807, 2.05) is 12.1 Å². The lowest BCUT2D eigenvalue weighted by molar-refractivity contribution is 0.0398. The fourth-order valence-electron chi connectivity index (χ4n) is 3.67. The Labute approximate surface area is 197 Å². The Hall–Kier alpha value is -2.88. The van der Waals surface area contributed by atoms with Crippen LogP contribution in [0.15, 0.2) is 30.3 Å². The van der Waals surface area contributed by atoms with Crippen LogP contribution in [0, 0.1) is 5.82 Å². The molecule has 2 N–H and O–H groups in total. The number of hydrogen-bond donors (Lipinski definition) is 2. The van der Waals surface area contributed by atoms with Gasteiger partial charge in [-0.25, -0.2) is 9.37 Å². The van der Waals surface area contributed by atoms with Crippen molar-refractivity contribution in [1.82, 2.24) is 14.9 Å². The van der Waals surface area contributed by atoms with Crippen molar-refractivity contribution < 1.29 is 18.6 Å². The number of aromatic nitrogens is 2. The Morgan fingerprint density at radius 3 is 2.55 bits per heavy atom. The van der Waals surface area contributed by atoms with Crippen LogP contribution in [0.1, 0.15) is 5.56 Å². The summed E-state index contributed by atoms with van der Waals surface area (Å²) in [6.07, 6.45) is 0. The van der Waals surface area contributed by atoms with Crippen molar-refractivity contribution in [3.8, 4) is 11.5 Å². The van der Waals surface area contributed by atoms with Crippen molar-refractivity contribution in [2.75, 3.05) is 64.2 Å². The molecule has 0 unspecified atom stereocenters. The Morgan fingerprint density at radius 1 is 1.06 bits per heavy atom. The minimum atomic E-state index is -0.376. The van der Waals surface area contributed by atoms with Crippen LogP contribution < -0.4 is 20.1 Å². The first kappa shape index (κ1) is 23.3. The molecule has 176 valence electrons. The topological polar surface area (TPSA) is 80.8 Å². The SMILES string of the molecule is COc1cc2nc(NCc3ccc(F)cc3Cl)nc(NCCN3CCOCC3)c2cc1OC. The summed E-state index contributed by atoms with van der Waals surface area (Å²) in [6, 6.07) is 7.99. The van der Waals surface area contributed by atoms with Crippen molar-refractivity contribution in [2.24, 2.45) is 0 Å². The molecule has 0 bridgehead atoms. The van der Waals surface area contributed by atoms with E-state index in [-0.39, 0.29) is 5.82 Å². The second-order valence-corrected chi connectivity index (χ2v) is 8.00. The molecule has 2 aromatic carbocycles. The minimum Gasteiger partial charge on any atom is -0.493 e. The van der Waals surface area contributed by atoms with Gasteiger partial charge >= 0.3 is 0 Å². The van der Waals surface area contributed by atoms with E-state index in [2.05, 4.69) is 25.5 Å². The molecule has 33 heavy (non-hydrogen) atoms. The first-order valence-electron chi connectivity index (χ1n) is 10.7. The molecule has 2 heterocycles. The summed E-state index contributed by atoms with van der Waals surface area (Å²) in [5.74, 6) is 1.91. The molecule has 1 aliphatic heterocycles. The summed E-state index contributed by atoms with van der Waals surface area (Å²) in [5.41, 5.74) is 1.44. The first-order chi connectivity index (χ1) is 16.1. The molecule has 0 aliphatic carbocycles. The molecule has 0 saturated carbocycles. The average molecular weight is 476 g/mol.